The van der Waals surface area contributed by atoms with Crippen LogP contribution in [0.4, 0.5) is 5.82 Å². The predicted octanol–water partition coefficient (Wildman–Crippen LogP) is 0.287. The van der Waals surface area contributed by atoms with Crippen molar-refractivity contribution in [2.45, 2.75) is 19.9 Å². The highest BCUT2D eigenvalue weighted by Gasteiger charge is 2.21. The Labute approximate surface area is 101 Å². The maximum absolute atomic E-state index is 11.4. The first kappa shape index (κ1) is 11.9. The molecule has 3 N–H and O–H groups in total. The molecule has 1 fully saturated rings. The van der Waals surface area contributed by atoms with Crippen molar-refractivity contribution >= 4 is 11.7 Å². The minimum atomic E-state index is -0.418. The zero-order valence-electron chi connectivity index (χ0n) is 10.2. The van der Waals surface area contributed by atoms with E-state index in [0.717, 1.165) is 25.3 Å². The fraction of sp³-hybridized carbons (Fsp3) is 0.500. The van der Waals surface area contributed by atoms with Crippen LogP contribution in [-0.2, 0) is 0 Å². The van der Waals surface area contributed by atoms with Gasteiger partial charge < -0.3 is 16.0 Å². The van der Waals surface area contributed by atoms with Gasteiger partial charge in [-0.05, 0) is 26.0 Å². The molecule has 0 unspecified atom stereocenters. The van der Waals surface area contributed by atoms with E-state index >= 15 is 0 Å². The number of aromatic nitrogens is 1. The second kappa shape index (κ2) is 4.71. The molecule has 17 heavy (non-hydrogen) atoms. The van der Waals surface area contributed by atoms with E-state index in [9.17, 15) is 4.79 Å². The molecule has 1 saturated heterocycles. The molecule has 1 aromatic heterocycles. The van der Waals surface area contributed by atoms with Crippen molar-refractivity contribution in [1.82, 2.24) is 10.3 Å². The van der Waals surface area contributed by atoms with Gasteiger partial charge in [-0.15, -0.1) is 0 Å². The molecular formula is C12H18N4O. The first-order valence-electron chi connectivity index (χ1n) is 5.83. The standard InChI is InChI=1S/C12H18N4O/c1-8-3-4-10(11(13)17)12(15-8)16-6-5-14-9(2)7-16/h3-4,9,14H,5-7H2,1-2H3,(H2,13,17)/t9-/m1/s1. The number of primary amides is 1. The van der Waals surface area contributed by atoms with E-state index in [0.29, 0.717) is 17.4 Å². The number of carbonyl (C=O) groups is 1. The van der Waals surface area contributed by atoms with Crippen LogP contribution in [0.3, 0.4) is 0 Å². The number of nitrogens with two attached hydrogens (primary N) is 1. The van der Waals surface area contributed by atoms with Crippen molar-refractivity contribution in [2.75, 3.05) is 24.5 Å². The van der Waals surface area contributed by atoms with Gasteiger partial charge in [0.05, 0.1) is 5.56 Å². The molecule has 0 aliphatic carbocycles. The molecule has 5 nitrogen and oxygen atoms in total. The summed E-state index contributed by atoms with van der Waals surface area (Å²) in [5.41, 5.74) is 6.79. The maximum atomic E-state index is 11.4. The van der Waals surface area contributed by atoms with E-state index in [1.165, 1.54) is 0 Å². The first-order chi connectivity index (χ1) is 8.08. The van der Waals surface area contributed by atoms with E-state index in [-0.39, 0.29) is 0 Å². The number of nitrogens with one attached hydrogen (secondary N) is 1. The van der Waals surface area contributed by atoms with Gasteiger partial charge in [-0.25, -0.2) is 4.98 Å². The average Bonchev–Trinajstić information content (AvgIpc) is 2.28. The highest BCUT2D eigenvalue weighted by atomic mass is 16.1. The van der Waals surface area contributed by atoms with Crippen molar-refractivity contribution in [2.24, 2.45) is 5.73 Å². The van der Waals surface area contributed by atoms with Gasteiger partial charge >= 0.3 is 0 Å². The number of nitrogens with zero attached hydrogens (tertiary/aromatic N) is 2. The topological polar surface area (TPSA) is 71.2 Å². The van der Waals surface area contributed by atoms with Gasteiger partial charge in [0.2, 0.25) is 0 Å². The van der Waals surface area contributed by atoms with Crippen LogP contribution < -0.4 is 16.0 Å². The number of amides is 1. The quantitative estimate of drug-likeness (QED) is 0.771. The molecule has 1 aromatic rings. The van der Waals surface area contributed by atoms with Crippen LogP contribution in [0.5, 0.6) is 0 Å². The zero-order valence-corrected chi connectivity index (χ0v) is 10.2. The Morgan fingerprint density at radius 1 is 1.59 bits per heavy atom. The summed E-state index contributed by atoms with van der Waals surface area (Å²) in [6.45, 7) is 6.62. The monoisotopic (exact) mass is 234 g/mol. The Kier molecular flexibility index (Phi) is 3.28. The van der Waals surface area contributed by atoms with E-state index in [2.05, 4.69) is 22.1 Å². The Balaban J connectivity index is 2.35. The molecule has 0 spiro atoms. The molecule has 0 radical (unpaired) electrons. The molecule has 0 bridgehead atoms. The zero-order chi connectivity index (χ0) is 12.4. The number of carbonyl (C=O) groups excluding carboxylic acids is 1. The largest absolute Gasteiger partial charge is 0.365 e. The fourth-order valence-electron chi connectivity index (χ4n) is 2.10. The third-order valence-corrected chi connectivity index (χ3v) is 2.95. The molecule has 1 amide bonds. The molecule has 5 heteroatoms. The van der Waals surface area contributed by atoms with Crippen LogP contribution in [-0.4, -0.2) is 36.6 Å². The van der Waals surface area contributed by atoms with Crippen LogP contribution in [0.1, 0.15) is 23.0 Å². The van der Waals surface area contributed by atoms with Gasteiger partial charge in [0.25, 0.3) is 5.91 Å². The van der Waals surface area contributed by atoms with Crippen LogP contribution in [0.25, 0.3) is 0 Å². The summed E-state index contributed by atoms with van der Waals surface area (Å²) in [6.07, 6.45) is 0. The lowest BCUT2D eigenvalue weighted by Crippen LogP contribution is -2.50. The van der Waals surface area contributed by atoms with E-state index < -0.39 is 5.91 Å². The third kappa shape index (κ3) is 2.55. The van der Waals surface area contributed by atoms with Crippen molar-refractivity contribution in [3.8, 4) is 0 Å². The lowest BCUT2D eigenvalue weighted by atomic mass is 10.1. The summed E-state index contributed by atoms with van der Waals surface area (Å²) in [7, 11) is 0. The van der Waals surface area contributed by atoms with Crippen LogP contribution >= 0.6 is 0 Å². The minimum absolute atomic E-state index is 0.395. The molecule has 1 aliphatic rings. The summed E-state index contributed by atoms with van der Waals surface area (Å²) in [4.78, 5) is 18.0. The van der Waals surface area contributed by atoms with E-state index in [4.69, 9.17) is 5.73 Å². The minimum Gasteiger partial charge on any atom is -0.365 e. The lowest BCUT2D eigenvalue weighted by molar-refractivity contribution is 0.100. The SMILES string of the molecule is Cc1ccc(C(N)=O)c(N2CCN[C@H](C)C2)n1. The summed E-state index contributed by atoms with van der Waals surface area (Å²) in [6, 6.07) is 3.97. The average molecular weight is 234 g/mol. The lowest BCUT2D eigenvalue weighted by Gasteiger charge is -2.33. The van der Waals surface area contributed by atoms with Crippen LogP contribution in [0, 0.1) is 6.92 Å². The Morgan fingerprint density at radius 3 is 3.00 bits per heavy atom. The number of pyridine rings is 1. The molecular weight excluding hydrogens is 216 g/mol. The van der Waals surface area contributed by atoms with Gasteiger partial charge in [0.1, 0.15) is 5.82 Å². The van der Waals surface area contributed by atoms with E-state index in [1.54, 1.807) is 6.07 Å². The molecule has 1 aliphatic heterocycles. The Morgan fingerprint density at radius 2 is 2.35 bits per heavy atom. The van der Waals surface area contributed by atoms with E-state index in [1.807, 2.05) is 13.0 Å². The summed E-state index contributed by atoms with van der Waals surface area (Å²) < 4.78 is 0. The second-order valence-corrected chi connectivity index (χ2v) is 4.49. The third-order valence-electron chi connectivity index (χ3n) is 2.95. The summed E-state index contributed by atoms with van der Waals surface area (Å²) in [5, 5.41) is 3.36. The van der Waals surface area contributed by atoms with Crippen molar-refractivity contribution in [3.05, 3.63) is 23.4 Å². The highest BCUT2D eigenvalue weighted by molar-refractivity contribution is 5.97. The van der Waals surface area contributed by atoms with Gasteiger partial charge in [-0.2, -0.15) is 0 Å². The summed E-state index contributed by atoms with van der Waals surface area (Å²) in [5.74, 6) is 0.296. The number of hydrogen-bond acceptors (Lipinski definition) is 4. The van der Waals surface area contributed by atoms with Gasteiger partial charge in [-0.1, -0.05) is 0 Å². The Hall–Kier alpha value is -1.62. The number of piperazine rings is 1. The molecule has 92 valence electrons. The van der Waals surface area contributed by atoms with Crippen molar-refractivity contribution in [1.29, 1.82) is 0 Å². The number of hydrogen-bond donors (Lipinski definition) is 2. The molecule has 0 aromatic carbocycles. The van der Waals surface area contributed by atoms with Gasteiger partial charge in [0.15, 0.2) is 0 Å². The normalized spacial score (nSPS) is 20.4. The molecule has 2 heterocycles. The Bertz CT molecular complexity index is 433. The fourth-order valence-corrected chi connectivity index (χ4v) is 2.10. The molecule has 2 rings (SSSR count). The summed E-state index contributed by atoms with van der Waals surface area (Å²) >= 11 is 0. The molecule has 0 saturated carbocycles. The second-order valence-electron chi connectivity index (χ2n) is 4.49. The maximum Gasteiger partial charge on any atom is 0.252 e. The number of aryl methyl sites for hydroxylation is 1. The smallest absolute Gasteiger partial charge is 0.252 e. The first-order valence-corrected chi connectivity index (χ1v) is 5.83. The highest BCUT2D eigenvalue weighted by Crippen LogP contribution is 2.19. The van der Waals surface area contributed by atoms with Crippen LogP contribution in [0.2, 0.25) is 0 Å². The molecule has 1 atom stereocenters. The van der Waals surface area contributed by atoms with Gasteiger partial charge in [-0.3, -0.25) is 4.79 Å². The van der Waals surface area contributed by atoms with Crippen molar-refractivity contribution in [3.63, 3.8) is 0 Å². The number of anilines is 1. The van der Waals surface area contributed by atoms with Crippen LogP contribution in [0.15, 0.2) is 12.1 Å². The number of rotatable bonds is 2. The van der Waals surface area contributed by atoms with Crippen molar-refractivity contribution < 1.29 is 4.79 Å². The van der Waals surface area contributed by atoms with Gasteiger partial charge in [0, 0.05) is 31.4 Å². The predicted molar refractivity (Wildman–Crippen MR) is 67.2 cm³/mol.